The number of H-pyrrole nitrogens is 2. The van der Waals surface area contributed by atoms with Gasteiger partial charge in [-0.15, -0.1) is 0 Å². The molecule has 130 valence electrons. The van der Waals surface area contributed by atoms with Gasteiger partial charge in [0.2, 0.25) is 0 Å². The lowest BCUT2D eigenvalue weighted by atomic mass is 9.76. The number of aromatic nitrogens is 3. The maximum Gasteiger partial charge on any atom is 0.253 e. The average molecular weight is 336 g/mol. The van der Waals surface area contributed by atoms with E-state index in [0.29, 0.717) is 11.0 Å². The number of carbonyl (C=O) groups is 1. The Balaban J connectivity index is 1.74. The minimum Gasteiger partial charge on any atom is -0.353 e. The van der Waals surface area contributed by atoms with Crippen molar-refractivity contribution in [3.63, 3.8) is 0 Å². The van der Waals surface area contributed by atoms with E-state index in [9.17, 15) is 4.79 Å². The highest BCUT2D eigenvalue weighted by atomic mass is 16.2. The molecule has 4 rings (SSSR count). The Morgan fingerprint density at radius 1 is 1.24 bits per heavy atom. The number of aromatic amines is 2. The Hall–Kier alpha value is -2.56. The number of hydrogen-bond donors (Lipinski definition) is 2. The van der Waals surface area contributed by atoms with Gasteiger partial charge in [0.1, 0.15) is 5.69 Å². The zero-order valence-electron chi connectivity index (χ0n) is 15.2. The summed E-state index contributed by atoms with van der Waals surface area (Å²) in [7, 11) is 3.54. The van der Waals surface area contributed by atoms with Crippen LogP contribution in [0.1, 0.15) is 41.9 Å². The van der Waals surface area contributed by atoms with Crippen LogP contribution in [0.15, 0.2) is 24.3 Å². The Labute approximate surface area is 147 Å². The van der Waals surface area contributed by atoms with Crippen LogP contribution in [0, 0.1) is 5.41 Å². The summed E-state index contributed by atoms with van der Waals surface area (Å²) >= 11 is 0. The summed E-state index contributed by atoms with van der Waals surface area (Å²) in [5, 5.41) is 8.86. The molecule has 1 aliphatic carbocycles. The Bertz CT molecular complexity index is 961. The van der Waals surface area contributed by atoms with Gasteiger partial charge in [0.25, 0.3) is 5.91 Å². The summed E-state index contributed by atoms with van der Waals surface area (Å²) in [5.41, 5.74) is 6.68. The molecule has 0 aliphatic heterocycles. The fourth-order valence-electron chi connectivity index (χ4n) is 3.72. The van der Waals surface area contributed by atoms with Crippen molar-refractivity contribution < 1.29 is 4.79 Å². The first-order chi connectivity index (χ1) is 11.8. The Morgan fingerprint density at radius 3 is 2.80 bits per heavy atom. The van der Waals surface area contributed by atoms with Crippen molar-refractivity contribution in [2.24, 2.45) is 5.41 Å². The van der Waals surface area contributed by atoms with Crippen LogP contribution in [-0.4, -0.2) is 40.1 Å². The highest BCUT2D eigenvalue weighted by Gasteiger charge is 2.29. The molecule has 0 radical (unpaired) electrons. The fourth-order valence-corrected chi connectivity index (χ4v) is 3.72. The standard InChI is InChI=1S/C20H24N4O/c1-20(2)8-7-14-17(11-20)22-23-18(14)16-10-13-9-12(19(25)24(3)4)5-6-15(13)21-16/h5-6,9-10,21H,7-8,11H2,1-4H3,(H,22,23). The number of rotatable bonds is 2. The van der Waals surface area contributed by atoms with E-state index in [-0.39, 0.29) is 5.91 Å². The van der Waals surface area contributed by atoms with Gasteiger partial charge in [0.05, 0.1) is 5.69 Å². The van der Waals surface area contributed by atoms with E-state index in [1.807, 2.05) is 18.2 Å². The van der Waals surface area contributed by atoms with Gasteiger partial charge in [-0.25, -0.2) is 0 Å². The van der Waals surface area contributed by atoms with Gasteiger partial charge in [0.15, 0.2) is 0 Å². The van der Waals surface area contributed by atoms with E-state index < -0.39 is 0 Å². The van der Waals surface area contributed by atoms with E-state index >= 15 is 0 Å². The molecule has 1 aliphatic rings. The monoisotopic (exact) mass is 336 g/mol. The molecule has 1 aromatic carbocycles. The molecule has 0 unspecified atom stereocenters. The second-order valence-electron chi connectivity index (χ2n) is 8.05. The molecule has 0 spiro atoms. The molecular weight excluding hydrogens is 312 g/mol. The zero-order chi connectivity index (χ0) is 17.8. The molecule has 5 heteroatoms. The van der Waals surface area contributed by atoms with Crippen LogP contribution in [0.4, 0.5) is 0 Å². The van der Waals surface area contributed by atoms with Crippen LogP contribution in [0.3, 0.4) is 0 Å². The molecule has 3 aromatic rings. The number of benzene rings is 1. The lowest BCUT2D eigenvalue weighted by molar-refractivity contribution is 0.0828. The van der Waals surface area contributed by atoms with Gasteiger partial charge in [-0.05, 0) is 48.9 Å². The molecule has 5 nitrogen and oxygen atoms in total. The SMILES string of the molecule is CN(C)C(=O)c1ccc2[nH]c(-c3n[nH]c4c3CCC(C)(C)C4)cc2c1. The maximum absolute atomic E-state index is 12.2. The van der Waals surface area contributed by atoms with Crippen LogP contribution in [0.2, 0.25) is 0 Å². The van der Waals surface area contributed by atoms with Gasteiger partial charge in [-0.1, -0.05) is 13.8 Å². The third kappa shape index (κ3) is 2.73. The van der Waals surface area contributed by atoms with Crippen molar-refractivity contribution in [1.82, 2.24) is 20.1 Å². The number of carbonyl (C=O) groups excluding carboxylic acids is 1. The van der Waals surface area contributed by atoms with Crippen LogP contribution in [0.5, 0.6) is 0 Å². The van der Waals surface area contributed by atoms with E-state index in [1.54, 1.807) is 19.0 Å². The lowest BCUT2D eigenvalue weighted by Gasteiger charge is -2.28. The Kier molecular flexibility index (Phi) is 3.49. The van der Waals surface area contributed by atoms with Crippen LogP contribution in [0.25, 0.3) is 22.3 Å². The number of nitrogens with zero attached hydrogens (tertiary/aromatic N) is 2. The van der Waals surface area contributed by atoms with Crippen molar-refractivity contribution in [3.8, 4) is 11.4 Å². The van der Waals surface area contributed by atoms with Crippen molar-refractivity contribution in [2.45, 2.75) is 33.1 Å². The molecule has 0 fully saturated rings. The number of hydrogen-bond acceptors (Lipinski definition) is 2. The highest BCUT2D eigenvalue weighted by Crippen LogP contribution is 2.38. The summed E-state index contributed by atoms with van der Waals surface area (Å²) in [6, 6.07) is 7.88. The number of fused-ring (bicyclic) bond motifs is 2. The van der Waals surface area contributed by atoms with Gasteiger partial charge in [-0.3, -0.25) is 9.89 Å². The van der Waals surface area contributed by atoms with E-state index in [0.717, 1.165) is 35.1 Å². The molecule has 2 heterocycles. The lowest BCUT2D eigenvalue weighted by Crippen LogP contribution is -2.21. The summed E-state index contributed by atoms with van der Waals surface area (Å²) < 4.78 is 0. The second kappa shape index (κ2) is 5.48. The first kappa shape index (κ1) is 15.9. The first-order valence-corrected chi connectivity index (χ1v) is 8.75. The minimum absolute atomic E-state index is 0.0176. The third-order valence-electron chi connectivity index (χ3n) is 5.19. The normalized spacial score (nSPS) is 16.0. The number of amides is 1. The molecule has 25 heavy (non-hydrogen) atoms. The molecule has 2 N–H and O–H groups in total. The van der Waals surface area contributed by atoms with Crippen molar-refractivity contribution in [3.05, 3.63) is 41.1 Å². The largest absolute Gasteiger partial charge is 0.353 e. The Morgan fingerprint density at radius 2 is 2.04 bits per heavy atom. The minimum atomic E-state index is 0.0176. The third-order valence-corrected chi connectivity index (χ3v) is 5.19. The summed E-state index contributed by atoms with van der Waals surface area (Å²) in [5.74, 6) is 0.0176. The van der Waals surface area contributed by atoms with Crippen LogP contribution in [-0.2, 0) is 12.8 Å². The van der Waals surface area contributed by atoms with E-state index in [4.69, 9.17) is 0 Å². The maximum atomic E-state index is 12.2. The molecule has 2 aromatic heterocycles. The van der Waals surface area contributed by atoms with Gasteiger partial charge < -0.3 is 9.88 Å². The smallest absolute Gasteiger partial charge is 0.253 e. The van der Waals surface area contributed by atoms with E-state index in [1.165, 1.54) is 17.7 Å². The van der Waals surface area contributed by atoms with Crippen molar-refractivity contribution in [1.29, 1.82) is 0 Å². The molecule has 0 saturated carbocycles. The zero-order valence-corrected chi connectivity index (χ0v) is 15.2. The van der Waals surface area contributed by atoms with Crippen LogP contribution >= 0.6 is 0 Å². The second-order valence-corrected chi connectivity index (χ2v) is 8.05. The predicted molar refractivity (Wildman–Crippen MR) is 99.7 cm³/mol. The fraction of sp³-hybridized carbons (Fsp3) is 0.400. The number of nitrogens with one attached hydrogen (secondary N) is 2. The average Bonchev–Trinajstić information content (AvgIpc) is 3.14. The summed E-state index contributed by atoms with van der Waals surface area (Å²) in [6.45, 7) is 4.62. The molecular formula is C20H24N4O. The first-order valence-electron chi connectivity index (χ1n) is 8.75. The summed E-state index contributed by atoms with van der Waals surface area (Å²) in [4.78, 5) is 17.2. The quantitative estimate of drug-likeness (QED) is 0.748. The molecule has 0 saturated heterocycles. The van der Waals surface area contributed by atoms with Crippen molar-refractivity contribution in [2.75, 3.05) is 14.1 Å². The highest BCUT2D eigenvalue weighted by molar-refractivity contribution is 5.98. The van der Waals surface area contributed by atoms with Gasteiger partial charge >= 0.3 is 0 Å². The summed E-state index contributed by atoms with van der Waals surface area (Å²) in [6.07, 6.45) is 3.26. The predicted octanol–water partition coefficient (Wildman–Crippen LogP) is 3.77. The van der Waals surface area contributed by atoms with Gasteiger partial charge in [0, 0.05) is 41.8 Å². The molecule has 0 atom stereocenters. The van der Waals surface area contributed by atoms with Crippen molar-refractivity contribution >= 4 is 16.8 Å². The van der Waals surface area contributed by atoms with Crippen LogP contribution < -0.4 is 0 Å². The van der Waals surface area contributed by atoms with Gasteiger partial charge in [-0.2, -0.15) is 5.10 Å². The molecule has 0 bridgehead atoms. The van der Waals surface area contributed by atoms with E-state index in [2.05, 4.69) is 35.1 Å². The molecule has 1 amide bonds. The topological polar surface area (TPSA) is 64.8 Å².